The molecule has 24 heavy (non-hydrogen) atoms. The molecule has 0 radical (unpaired) electrons. The van der Waals surface area contributed by atoms with E-state index in [9.17, 15) is 0 Å². The summed E-state index contributed by atoms with van der Waals surface area (Å²) in [6.07, 6.45) is 0. The quantitative estimate of drug-likeness (QED) is 0.391. The number of nitrogens with zero attached hydrogens (tertiary/aromatic N) is 2. The minimum absolute atomic E-state index is 0. The average Bonchev–Trinajstić information content (AvgIpc) is 3.00. The molecule has 0 aliphatic rings. The first-order valence-electron chi connectivity index (χ1n) is 7.98. The van der Waals surface area contributed by atoms with Crippen molar-refractivity contribution in [2.24, 2.45) is 4.99 Å². The predicted octanol–water partition coefficient (Wildman–Crippen LogP) is 4.62. The Morgan fingerprint density at radius 1 is 1.25 bits per heavy atom. The van der Waals surface area contributed by atoms with Gasteiger partial charge in [-0.2, -0.15) is 0 Å². The van der Waals surface area contributed by atoms with Gasteiger partial charge in [0.1, 0.15) is 0 Å². The number of benzene rings is 1. The van der Waals surface area contributed by atoms with Crippen molar-refractivity contribution in [3.05, 3.63) is 51.5 Å². The average molecular weight is 458 g/mol. The van der Waals surface area contributed by atoms with Gasteiger partial charge in [0.25, 0.3) is 0 Å². The first-order chi connectivity index (χ1) is 11.0. The number of guanidine groups is 1. The third-order valence-electron chi connectivity index (χ3n) is 3.73. The van der Waals surface area contributed by atoms with Gasteiger partial charge in [0.15, 0.2) is 5.96 Å². The molecule has 2 aromatic rings. The number of aromatic nitrogens is 1. The number of hydrogen-bond acceptors (Lipinski definition) is 3. The molecule has 0 saturated carbocycles. The highest BCUT2D eigenvalue weighted by molar-refractivity contribution is 14.0. The minimum Gasteiger partial charge on any atom is -0.351 e. The Bertz CT molecular complexity index is 667. The third-order valence-corrected chi connectivity index (χ3v) is 4.93. The molecule has 0 saturated heterocycles. The molecule has 1 heterocycles. The maximum absolute atomic E-state index is 4.64. The Hall–Kier alpha value is -1.15. The van der Waals surface area contributed by atoms with E-state index in [1.807, 2.05) is 0 Å². The van der Waals surface area contributed by atoms with E-state index in [-0.39, 0.29) is 30.0 Å². The van der Waals surface area contributed by atoms with Crippen LogP contribution in [0.3, 0.4) is 0 Å². The predicted molar refractivity (Wildman–Crippen MR) is 115 cm³/mol. The number of hydrogen-bond donors (Lipinski definition) is 2. The molecule has 1 aromatic carbocycles. The number of thiazole rings is 1. The maximum Gasteiger partial charge on any atom is 0.191 e. The van der Waals surface area contributed by atoms with Crippen LogP contribution in [0.2, 0.25) is 0 Å². The monoisotopic (exact) mass is 458 g/mol. The summed E-state index contributed by atoms with van der Waals surface area (Å²) < 4.78 is 0. The molecule has 6 heteroatoms. The minimum atomic E-state index is 0. The third kappa shape index (κ3) is 5.73. The topological polar surface area (TPSA) is 49.3 Å². The largest absolute Gasteiger partial charge is 0.351 e. The standard InChI is InChI=1S/C18H26N4S.HI/c1-12(2)17-22-15(11-23-17)10-20-18(19-5)21-14(4)16-9-7-6-8-13(16)3;/h6-9,11-12,14H,10H2,1-5H3,(H2,19,20,21);1H. The van der Waals surface area contributed by atoms with Crippen LogP contribution >= 0.6 is 35.3 Å². The second-order valence-corrected chi connectivity index (χ2v) is 6.87. The SMILES string of the molecule is CN=C(NCc1csc(C(C)C)n1)NC(C)c1ccccc1C.I. The van der Waals surface area contributed by atoms with Crippen LogP contribution in [0.4, 0.5) is 0 Å². The summed E-state index contributed by atoms with van der Waals surface area (Å²) in [5.41, 5.74) is 3.63. The molecule has 4 nitrogen and oxygen atoms in total. The highest BCUT2D eigenvalue weighted by atomic mass is 127. The molecular formula is C18H27IN4S. The van der Waals surface area contributed by atoms with Gasteiger partial charge in [-0.05, 0) is 25.0 Å². The lowest BCUT2D eigenvalue weighted by Crippen LogP contribution is -2.38. The molecular weight excluding hydrogens is 431 g/mol. The molecule has 0 spiro atoms. The lowest BCUT2D eigenvalue weighted by molar-refractivity contribution is 0.679. The Kier molecular flexibility index (Phi) is 8.69. The van der Waals surface area contributed by atoms with Crippen LogP contribution in [0, 0.1) is 6.92 Å². The zero-order valence-corrected chi connectivity index (χ0v) is 18.1. The fourth-order valence-electron chi connectivity index (χ4n) is 2.39. The molecule has 1 unspecified atom stereocenters. The first-order valence-corrected chi connectivity index (χ1v) is 8.86. The van der Waals surface area contributed by atoms with Crippen LogP contribution in [-0.2, 0) is 6.54 Å². The van der Waals surface area contributed by atoms with E-state index in [0.717, 1.165) is 11.7 Å². The molecule has 0 bridgehead atoms. The van der Waals surface area contributed by atoms with E-state index >= 15 is 0 Å². The van der Waals surface area contributed by atoms with Crippen LogP contribution < -0.4 is 10.6 Å². The number of aryl methyl sites for hydroxylation is 1. The van der Waals surface area contributed by atoms with Gasteiger partial charge in [-0.3, -0.25) is 4.99 Å². The van der Waals surface area contributed by atoms with Gasteiger partial charge in [-0.25, -0.2) is 4.98 Å². The van der Waals surface area contributed by atoms with E-state index in [2.05, 4.69) is 78.0 Å². The van der Waals surface area contributed by atoms with Gasteiger partial charge < -0.3 is 10.6 Å². The van der Waals surface area contributed by atoms with Crippen LogP contribution in [0.25, 0.3) is 0 Å². The van der Waals surface area contributed by atoms with E-state index in [0.29, 0.717) is 12.5 Å². The van der Waals surface area contributed by atoms with Crippen LogP contribution in [0.15, 0.2) is 34.6 Å². The summed E-state index contributed by atoms with van der Waals surface area (Å²) in [6.45, 7) is 9.30. The van der Waals surface area contributed by atoms with Crippen molar-refractivity contribution in [2.75, 3.05) is 7.05 Å². The Labute approximate surface area is 166 Å². The molecule has 0 aliphatic heterocycles. The lowest BCUT2D eigenvalue weighted by Gasteiger charge is -2.19. The van der Waals surface area contributed by atoms with Crippen molar-refractivity contribution in [2.45, 2.75) is 46.2 Å². The Balaban J connectivity index is 0.00000288. The molecule has 0 fully saturated rings. The van der Waals surface area contributed by atoms with Crippen LogP contribution in [-0.4, -0.2) is 18.0 Å². The molecule has 132 valence electrons. The molecule has 2 N–H and O–H groups in total. The molecule has 0 aliphatic carbocycles. The summed E-state index contributed by atoms with van der Waals surface area (Å²) in [6, 6.07) is 8.61. The summed E-state index contributed by atoms with van der Waals surface area (Å²) in [5, 5.41) is 10.1. The summed E-state index contributed by atoms with van der Waals surface area (Å²) in [7, 11) is 1.79. The highest BCUT2D eigenvalue weighted by Crippen LogP contribution is 2.19. The van der Waals surface area contributed by atoms with E-state index in [1.165, 1.54) is 16.1 Å². The number of rotatable bonds is 5. The summed E-state index contributed by atoms with van der Waals surface area (Å²) >= 11 is 1.72. The molecule has 2 rings (SSSR count). The van der Waals surface area contributed by atoms with Crippen molar-refractivity contribution in [1.29, 1.82) is 0 Å². The van der Waals surface area contributed by atoms with Crippen molar-refractivity contribution in [3.63, 3.8) is 0 Å². The second kappa shape index (κ2) is 9.98. The molecule has 1 atom stereocenters. The fraction of sp³-hybridized carbons (Fsp3) is 0.444. The Morgan fingerprint density at radius 2 is 1.96 bits per heavy atom. The fourth-order valence-corrected chi connectivity index (χ4v) is 3.23. The highest BCUT2D eigenvalue weighted by Gasteiger charge is 2.10. The van der Waals surface area contributed by atoms with Crippen molar-refractivity contribution in [1.82, 2.24) is 15.6 Å². The van der Waals surface area contributed by atoms with Gasteiger partial charge in [0.2, 0.25) is 0 Å². The van der Waals surface area contributed by atoms with E-state index in [4.69, 9.17) is 0 Å². The van der Waals surface area contributed by atoms with Crippen LogP contribution in [0.1, 0.15) is 54.6 Å². The van der Waals surface area contributed by atoms with Gasteiger partial charge in [0.05, 0.1) is 23.3 Å². The van der Waals surface area contributed by atoms with Gasteiger partial charge in [0, 0.05) is 18.3 Å². The van der Waals surface area contributed by atoms with E-state index in [1.54, 1.807) is 18.4 Å². The lowest BCUT2D eigenvalue weighted by atomic mass is 10.0. The number of halogens is 1. The van der Waals surface area contributed by atoms with Gasteiger partial charge in [-0.15, -0.1) is 35.3 Å². The molecule has 0 amide bonds. The van der Waals surface area contributed by atoms with Crippen molar-refractivity contribution < 1.29 is 0 Å². The smallest absolute Gasteiger partial charge is 0.191 e. The van der Waals surface area contributed by atoms with Crippen molar-refractivity contribution in [3.8, 4) is 0 Å². The van der Waals surface area contributed by atoms with E-state index < -0.39 is 0 Å². The first kappa shape index (κ1) is 20.9. The van der Waals surface area contributed by atoms with Gasteiger partial charge in [-0.1, -0.05) is 38.1 Å². The Morgan fingerprint density at radius 3 is 2.54 bits per heavy atom. The summed E-state index contributed by atoms with van der Waals surface area (Å²) in [4.78, 5) is 8.95. The van der Waals surface area contributed by atoms with Gasteiger partial charge >= 0.3 is 0 Å². The second-order valence-electron chi connectivity index (χ2n) is 5.98. The molecule has 1 aromatic heterocycles. The number of aliphatic imine (C=N–C) groups is 1. The van der Waals surface area contributed by atoms with Crippen LogP contribution in [0.5, 0.6) is 0 Å². The van der Waals surface area contributed by atoms with Crippen molar-refractivity contribution >= 4 is 41.3 Å². The number of nitrogens with one attached hydrogen (secondary N) is 2. The zero-order chi connectivity index (χ0) is 16.8. The zero-order valence-electron chi connectivity index (χ0n) is 15.0. The summed E-state index contributed by atoms with van der Waals surface area (Å²) in [5.74, 6) is 1.27. The maximum atomic E-state index is 4.64. The normalized spacial score (nSPS) is 12.7.